The summed E-state index contributed by atoms with van der Waals surface area (Å²) < 4.78 is 12.3. The van der Waals surface area contributed by atoms with Crippen molar-refractivity contribution in [2.75, 3.05) is 33.4 Å². The summed E-state index contributed by atoms with van der Waals surface area (Å²) in [5.41, 5.74) is 0. The van der Waals surface area contributed by atoms with E-state index in [1.807, 2.05) is 6.92 Å². The van der Waals surface area contributed by atoms with Crippen LogP contribution in [0.3, 0.4) is 0 Å². The zero-order valence-electron chi connectivity index (χ0n) is 19.1. The molecule has 0 bridgehead atoms. The standard InChI is InChI=1S/C20H40NO6PS2/c1-6-8-10-12-18(22)29-15-17(30-19(23)13-11-9-7-2)14-20(24,28(25,26)27)16-21(3,4)5/h17,24H,6-16H2,1-5H3,(H-,25,26,27)/p+1. The zero-order valence-corrected chi connectivity index (χ0v) is 21.7. The molecule has 7 nitrogen and oxygen atoms in total. The lowest BCUT2D eigenvalue weighted by Crippen LogP contribution is -2.50. The molecule has 2 atom stereocenters. The van der Waals surface area contributed by atoms with E-state index in [-0.39, 0.29) is 33.4 Å². The molecule has 30 heavy (non-hydrogen) atoms. The van der Waals surface area contributed by atoms with Gasteiger partial charge in [-0.3, -0.25) is 14.2 Å². The topological polar surface area (TPSA) is 112 Å². The van der Waals surface area contributed by atoms with Crippen molar-refractivity contribution in [3.63, 3.8) is 0 Å². The first-order chi connectivity index (χ1) is 13.7. The monoisotopic (exact) mass is 486 g/mol. The number of hydrogen-bond acceptors (Lipinski definition) is 6. The van der Waals surface area contributed by atoms with Crippen molar-refractivity contribution >= 4 is 41.4 Å². The molecular formula is C20H41NO6PS2+. The number of thioether (sulfide) groups is 2. The van der Waals surface area contributed by atoms with E-state index in [4.69, 9.17) is 0 Å². The Bertz CT molecular complexity index is 578. The summed E-state index contributed by atoms with van der Waals surface area (Å²) in [5, 5.41) is 8.07. The first kappa shape index (κ1) is 30.1. The normalized spacial score (nSPS) is 15.6. The van der Waals surface area contributed by atoms with Crippen molar-refractivity contribution in [2.24, 2.45) is 0 Å². The largest absolute Gasteiger partial charge is 0.373 e. The maximum absolute atomic E-state index is 12.4. The van der Waals surface area contributed by atoms with Crippen LogP contribution in [0.15, 0.2) is 0 Å². The number of unbranched alkanes of at least 4 members (excludes halogenated alkanes) is 4. The Morgan fingerprint density at radius 3 is 1.90 bits per heavy atom. The summed E-state index contributed by atoms with van der Waals surface area (Å²) in [6.07, 6.45) is 6.08. The highest BCUT2D eigenvalue weighted by Gasteiger charge is 2.51. The van der Waals surface area contributed by atoms with Gasteiger partial charge in [0.1, 0.15) is 6.54 Å². The second kappa shape index (κ2) is 14.3. The highest BCUT2D eigenvalue weighted by molar-refractivity contribution is 8.17. The third kappa shape index (κ3) is 13.5. The van der Waals surface area contributed by atoms with Crippen molar-refractivity contribution in [1.82, 2.24) is 0 Å². The molecule has 0 fully saturated rings. The summed E-state index contributed by atoms with van der Waals surface area (Å²) in [6.45, 7) is 3.95. The number of nitrogens with zero attached hydrogens (tertiary/aromatic N) is 1. The Morgan fingerprint density at radius 2 is 1.47 bits per heavy atom. The molecule has 3 N–H and O–H groups in total. The molecule has 0 rings (SSSR count). The quantitative estimate of drug-likeness (QED) is 0.171. The number of rotatable bonds is 16. The van der Waals surface area contributed by atoms with E-state index in [2.05, 4.69) is 6.92 Å². The number of aliphatic hydroxyl groups is 1. The molecule has 0 aliphatic heterocycles. The molecule has 0 amide bonds. The highest BCUT2D eigenvalue weighted by Crippen LogP contribution is 2.53. The minimum Gasteiger partial charge on any atom is -0.373 e. The zero-order chi connectivity index (χ0) is 23.4. The van der Waals surface area contributed by atoms with Gasteiger partial charge in [0.05, 0.1) is 21.1 Å². The van der Waals surface area contributed by atoms with Crippen LogP contribution in [0.4, 0.5) is 0 Å². The molecule has 0 aromatic carbocycles. The van der Waals surface area contributed by atoms with Crippen LogP contribution in [-0.2, 0) is 14.2 Å². The average Bonchev–Trinajstić information content (AvgIpc) is 2.57. The molecular weight excluding hydrogens is 445 g/mol. The van der Waals surface area contributed by atoms with E-state index in [9.17, 15) is 29.0 Å². The van der Waals surface area contributed by atoms with Crippen LogP contribution < -0.4 is 0 Å². The Kier molecular flexibility index (Phi) is 14.3. The summed E-state index contributed by atoms with van der Waals surface area (Å²) in [6, 6.07) is 0. The third-order valence-corrected chi connectivity index (χ3v) is 8.37. The Labute approximate surface area is 190 Å². The summed E-state index contributed by atoms with van der Waals surface area (Å²) in [4.78, 5) is 44.3. The van der Waals surface area contributed by atoms with Gasteiger partial charge in [-0.15, -0.1) is 0 Å². The predicted molar refractivity (Wildman–Crippen MR) is 127 cm³/mol. The van der Waals surface area contributed by atoms with Crippen molar-refractivity contribution in [2.45, 2.75) is 82.2 Å². The van der Waals surface area contributed by atoms with Gasteiger partial charge in [0, 0.05) is 30.3 Å². The minimum absolute atomic E-state index is 0.0128. The van der Waals surface area contributed by atoms with E-state index < -0.39 is 18.2 Å². The van der Waals surface area contributed by atoms with Crippen LogP contribution in [0.2, 0.25) is 0 Å². The molecule has 0 heterocycles. The summed E-state index contributed by atoms with van der Waals surface area (Å²) in [5.74, 6) is 0.245. The van der Waals surface area contributed by atoms with E-state index in [0.717, 1.165) is 62.0 Å². The maximum atomic E-state index is 12.4. The second-order valence-electron chi connectivity index (χ2n) is 8.89. The first-order valence-corrected chi connectivity index (χ1v) is 14.2. The van der Waals surface area contributed by atoms with Crippen molar-refractivity contribution in [3.8, 4) is 0 Å². The smallest absolute Gasteiger partial charge is 0.362 e. The van der Waals surface area contributed by atoms with Gasteiger partial charge in [-0.2, -0.15) is 0 Å². The van der Waals surface area contributed by atoms with Crippen LogP contribution in [0.1, 0.15) is 71.6 Å². The van der Waals surface area contributed by atoms with Gasteiger partial charge in [-0.1, -0.05) is 63.1 Å². The second-order valence-corrected chi connectivity index (χ2v) is 13.2. The number of carbonyl (C=O) groups excluding carboxylic acids is 2. The van der Waals surface area contributed by atoms with Crippen molar-refractivity contribution < 1.29 is 33.5 Å². The SMILES string of the molecule is CCCCCC(=O)SCC(CC(O)(C[N+](C)(C)C)P(=O)(O)O)SC(=O)CCCCC. The van der Waals surface area contributed by atoms with Crippen LogP contribution >= 0.6 is 31.1 Å². The summed E-state index contributed by atoms with van der Waals surface area (Å²) >= 11 is 2.11. The molecule has 0 aliphatic rings. The van der Waals surface area contributed by atoms with E-state index >= 15 is 0 Å². The molecule has 10 heteroatoms. The lowest BCUT2D eigenvalue weighted by Gasteiger charge is -2.37. The number of likely N-dealkylation sites (N-methyl/N-ethyl adjacent to an activating group) is 1. The van der Waals surface area contributed by atoms with Gasteiger partial charge in [-0.25, -0.2) is 0 Å². The fraction of sp³-hybridized carbons (Fsp3) is 0.900. The van der Waals surface area contributed by atoms with Crippen LogP contribution in [-0.4, -0.2) is 73.6 Å². The third-order valence-electron chi connectivity index (χ3n) is 4.52. The van der Waals surface area contributed by atoms with Crippen LogP contribution in [0, 0.1) is 0 Å². The fourth-order valence-electron chi connectivity index (χ4n) is 3.08. The maximum Gasteiger partial charge on any atom is 0.362 e. The molecule has 178 valence electrons. The molecule has 0 aromatic heterocycles. The van der Waals surface area contributed by atoms with Gasteiger partial charge in [0.2, 0.25) is 5.34 Å². The van der Waals surface area contributed by atoms with Crippen molar-refractivity contribution in [1.29, 1.82) is 0 Å². The molecule has 0 saturated heterocycles. The van der Waals surface area contributed by atoms with Gasteiger partial charge in [0.25, 0.3) is 0 Å². The molecule has 0 saturated carbocycles. The average molecular weight is 487 g/mol. The molecule has 0 aliphatic carbocycles. The molecule has 2 unspecified atom stereocenters. The number of hydrogen-bond donors (Lipinski definition) is 3. The molecule has 0 radical (unpaired) electrons. The Hall–Kier alpha value is 0.110. The first-order valence-electron chi connectivity index (χ1n) is 10.7. The molecule has 0 spiro atoms. The van der Waals surface area contributed by atoms with Gasteiger partial charge < -0.3 is 19.4 Å². The highest BCUT2D eigenvalue weighted by atomic mass is 32.2. The Morgan fingerprint density at radius 1 is 0.967 bits per heavy atom. The van der Waals surface area contributed by atoms with Crippen molar-refractivity contribution in [3.05, 3.63) is 0 Å². The predicted octanol–water partition coefficient (Wildman–Crippen LogP) is 4.00. The summed E-state index contributed by atoms with van der Waals surface area (Å²) in [7, 11) is 0.367. The number of carbonyl (C=O) groups is 2. The van der Waals surface area contributed by atoms with E-state index in [1.54, 1.807) is 21.1 Å². The van der Waals surface area contributed by atoms with E-state index in [1.165, 1.54) is 0 Å². The molecule has 0 aromatic rings. The lowest BCUT2D eigenvalue weighted by atomic mass is 10.2. The number of quaternary nitrogens is 1. The lowest BCUT2D eigenvalue weighted by molar-refractivity contribution is -0.875. The van der Waals surface area contributed by atoms with Gasteiger partial charge >= 0.3 is 7.60 Å². The Balaban J connectivity index is 5.29. The van der Waals surface area contributed by atoms with E-state index in [0.29, 0.717) is 12.8 Å². The van der Waals surface area contributed by atoms with Crippen LogP contribution in [0.5, 0.6) is 0 Å². The van der Waals surface area contributed by atoms with Gasteiger partial charge in [-0.05, 0) is 12.8 Å². The van der Waals surface area contributed by atoms with Crippen LogP contribution in [0.25, 0.3) is 0 Å². The van der Waals surface area contributed by atoms with Gasteiger partial charge in [0.15, 0.2) is 10.2 Å². The minimum atomic E-state index is -4.86. The fourth-order valence-corrected chi connectivity index (χ4v) is 6.51.